The summed E-state index contributed by atoms with van der Waals surface area (Å²) in [6, 6.07) is 14.2. The Bertz CT molecular complexity index is 896. The van der Waals surface area contributed by atoms with E-state index >= 15 is 0 Å². The van der Waals surface area contributed by atoms with Gasteiger partial charge < -0.3 is 10.1 Å². The molecule has 0 saturated carbocycles. The van der Waals surface area contributed by atoms with E-state index in [1.165, 1.54) is 0 Å². The number of halogens is 1. The molecule has 1 aliphatic heterocycles. The van der Waals surface area contributed by atoms with Crippen molar-refractivity contribution in [2.24, 2.45) is 0 Å². The van der Waals surface area contributed by atoms with Crippen LogP contribution in [-0.2, 0) is 16.4 Å². The van der Waals surface area contributed by atoms with E-state index < -0.39 is 21.3 Å². The van der Waals surface area contributed by atoms with Crippen molar-refractivity contribution in [2.75, 3.05) is 11.5 Å². The summed E-state index contributed by atoms with van der Waals surface area (Å²) in [7, 11) is -3.20. The minimum Gasteiger partial charge on any atom is -0.489 e. The molecule has 1 heterocycles. The normalized spacial score (nSPS) is 21.3. The van der Waals surface area contributed by atoms with Crippen LogP contribution in [0.4, 0.5) is 0 Å². The Morgan fingerprint density at radius 3 is 2.50 bits per heavy atom. The molecular weight excluding hydrogens is 374 g/mol. The summed E-state index contributed by atoms with van der Waals surface area (Å²) in [4.78, 5) is 12.6. The molecule has 0 radical (unpaired) electrons. The number of carbonyl (C=O) groups excluding carboxylic acids is 1. The van der Waals surface area contributed by atoms with Crippen LogP contribution in [0.3, 0.4) is 0 Å². The molecule has 26 heavy (non-hydrogen) atoms. The van der Waals surface area contributed by atoms with Gasteiger partial charge in [0.15, 0.2) is 9.84 Å². The van der Waals surface area contributed by atoms with Crippen molar-refractivity contribution in [3.05, 3.63) is 65.2 Å². The summed E-state index contributed by atoms with van der Waals surface area (Å²) in [5.41, 5.74) is 2.31. The van der Waals surface area contributed by atoms with Crippen LogP contribution >= 0.6 is 11.6 Å². The van der Waals surface area contributed by atoms with Crippen molar-refractivity contribution in [1.82, 2.24) is 5.32 Å². The summed E-state index contributed by atoms with van der Waals surface area (Å²) in [5, 5.41) is 2.13. The van der Waals surface area contributed by atoms with Crippen molar-refractivity contribution in [3.8, 4) is 5.75 Å². The van der Waals surface area contributed by atoms with Crippen LogP contribution < -0.4 is 10.1 Å². The van der Waals surface area contributed by atoms with Gasteiger partial charge in [0.05, 0.1) is 22.9 Å². The van der Waals surface area contributed by atoms with Crippen LogP contribution in [-0.4, -0.2) is 37.2 Å². The molecule has 0 aliphatic carbocycles. The third-order valence-corrected chi connectivity index (χ3v) is 6.65. The van der Waals surface area contributed by atoms with Crippen LogP contribution in [0.2, 0.25) is 0 Å². The monoisotopic (exact) mass is 393 g/mol. The molecule has 0 aromatic heterocycles. The number of carbonyl (C=O) groups is 1. The minimum absolute atomic E-state index is 0.113. The molecule has 1 saturated heterocycles. The number of hydrogen-bond donors (Lipinski definition) is 1. The van der Waals surface area contributed by atoms with Gasteiger partial charge in [-0.25, -0.2) is 8.42 Å². The largest absolute Gasteiger partial charge is 0.489 e. The number of alkyl halides is 1. The molecule has 1 fully saturated rings. The molecule has 1 amide bonds. The van der Waals surface area contributed by atoms with E-state index in [4.69, 9.17) is 16.3 Å². The highest BCUT2D eigenvalue weighted by Gasteiger charge is 2.37. The zero-order valence-corrected chi connectivity index (χ0v) is 15.9. The Balaban J connectivity index is 1.70. The van der Waals surface area contributed by atoms with Gasteiger partial charge in [-0.1, -0.05) is 35.9 Å². The van der Waals surface area contributed by atoms with Gasteiger partial charge >= 0.3 is 0 Å². The topological polar surface area (TPSA) is 72.5 Å². The first-order chi connectivity index (χ1) is 12.3. The fraction of sp³-hybridized carbons (Fsp3) is 0.316. The zero-order chi connectivity index (χ0) is 18.7. The maximum absolute atomic E-state index is 12.6. The van der Waals surface area contributed by atoms with Crippen molar-refractivity contribution < 1.29 is 17.9 Å². The molecule has 3 rings (SSSR count). The van der Waals surface area contributed by atoms with Gasteiger partial charge in [0, 0.05) is 11.1 Å². The lowest BCUT2D eigenvalue weighted by Crippen LogP contribution is -2.41. The van der Waals surface area contributed by atoms with Gasteiger partial charge in [0.25, 0.3) is 5.91 Å². The summed E-state index contributed by atoms with van der Waals surface area (Å²) < 4.78 is 29.1. The number of benzene rings is 2. The fourth-order valence-corrected chi connectivity index (χ4v) is 5.40. The summed E-state index contributed by atoms with van der Waals surface area (Å²) in [6.45, 7) is 2.23. The molecule has 1 aliphatic rings. The average Bonchev–Trinajstić information content (AvgIpc) is 2.86. The molecule has 1 N–H and O–H groups in total. The lowest BCUT2D eigenvalue weighted by Gasteiger charge is -2.16. The summed E-state index contributed by atoms with van der Waals surface area (Å²) >= 11 is 6.07. The molecule has 2 atom stereocenters. The molecule has 0 unspecified atom stereocenters. The van der Waals surface area contributed by atoms with Gasteiger partial charge in [0.2, 0.25) is 0 Å². The predicted molar refractivity (Wildman–Crippen MR) is 102 cm³/mol. The first-order valence-corrected chi connectivity index (χ1v) is 10.5. The van der Waals surface area contributed by atoms with Crippen LogP contribution in [0.25, 0.3) is 0 Å². The second-order valence-corrected chi connectivity index (χ2v) is 9.15. The smallest absolute Gasteiger partial charge is 0.251 e. The Hall–Kier alpha value is -2.05. The molecule has 2 aromatic rings. The number of aryl methyl sites for hydroxylation is 1. The summed E-state index contributed by atoms with van der Waals surface area (Å²) in [5.74, 6) is 0.126. The second-order valence-electron chi connectivity index (χ2n) is 6.43. The maximum atomic E-state index is 12.6. The second kappa shape index (κ2) is 7.68. The molecule has 138 valence electrons. The Morgan fingerprint density at radius 1 is 1.15 bits per heavy atom. The zero-order valence-electron chi connectivity index (χ0n) is 14.3. The van der Waals surface area contributed by atoms with Gasteiger partial charge in [-0.05, 0) is 25.1 Å². The van der Waals surface area contributed by atoms with E-state index in [0.717, 1.165) is 11.1 Å². The van der Waals surface area contributed by atoms with Crippen molar-refractivity contribution in [3.63, 3.8) is 0 Å². The van der Waals surface area contributed by atoms with Crippen LogP contribution in [0.1, 0.15) is 21.5 Å². The number of nitrogens with one attached hydrogen (secondary N) is 1. The van der Waals surface area contributed by atoms with Crippen molar-refractivity contribution >= 4 is 27.3 Å². The van der Waals surface area contributed by atoms with E-state index in [0.29, 0.717) is 11.3 Å². The Labute approximate surface area is 158 Å². The van der Waals surface area contributed by atoms with E-state index in [-0.39, 0.29) is 24.0 Å². The first kappa shape index (κ1) is 18.7. The van der Waals surface area contributed by atoms with E-state index in [1.807, 2.05) is 43.3 Å². The van der Waals surface area contributed by atoms with Gasteiger partial charge in [0.1, 0.15) is 12.4 Å². The predicted octanol–water partition coefficient (Wildman–Crippen LogP) is 2.71. The fourth-order valence-electron chi connectivity index (χ4n) is 2.85. The van der Waals surface area contributed by atoms with Crippen molar-refractivity contribution in [2.45, 2.75) is 24.9 Å². The molecule has 0 bridgehead atoms. The van der Waals surface area contributed by atoms with Gasteiger partial charge in [-0.15, -0.1) is 11.6 Å². The average molecular weight is 394 g/mol. The number of ether oxygens (including phenoxy) is 1. The number of amides is 1. The quantitative estimate of drug-likeness (QED) is 0.793. The van der Waals surface area contributed by atoms with Crippen LogP contribution in [0.5, 0.6) is 5.75 Å². The number of hydrogen-bond acceptors (Lipinski definition) is 4. The molecule has 0 spiro atoms. The van der Waals surface area contributed by atoms with Crippen molar-refractivity contribution in [1.29, 1.82) is 0 Å². The molecule has 5 nitrogen and oxygen atoms in total. The maximum Gasteiger partial charge on any atom is 0.251 e. The van der Waals surface area contributed by atoms with E-state index in [9.17, 15) is 13.2 Å². The molecule has 7 heteroatoms. The highest BCUT2D eigenvalue weighted by atomic mass is 35.5. The van der Waals surface area contributed by atoms with Gasteiger partial charge in [-0.2, -0.15) is 0 Å². The van der Waals surface area contributed by atoms with E-state index in [2.05, 4.69) is 5.32 Å². The SMILES string of the molecule is Cc1ccc(OCc2ccccc2C(=O)N[C@@H]2CS(=O)(=O)C[C@H]2Cl)cc1. The third-order valence-electron chi connectivity index (χ3n) is 4.28. The Morgan fingerprint density at radius 2 is 1.85 bits per heavy atom. The third kappa shape index (κ3) is 4.56. The van der Waals surface area contributed by atoms with Crippen LogP contribution in [0.15, 0.2) is 48.5 Å². The van der Waals surface area contributed by atoms with E-state index in [1.54, 1.807) is 12.1 Å². The molecular formula is C19H20ClNO4S. The molecule has 2 aromatic carbocycles. The number of sulfone groups is 1. The summed E-state index contributed by atoms with van der Waals surface area (Å²) in [6.07, 6.45) is 0. The number of rotatable bonds is 5. The Kier molecular flexibility index (Phi) is 5.53. The lowest BCUT2D eigenvalue weighted by molar-refractivity contribution is 0.0939. The highest BCUT2D eigenvalue weighted by Crippen LogP contribution is 2.20. The minimum atomic E-state index is -3.20. The standard InChI is InChI=1S/C19H20ClNO4S/c1-13-6-8-15(9-7-13)25-10-14-4-2-3-5-16(14)19(22)21-18-12-26(23,24)11-17(18)20/h2-9,17-18H,10-12H2,1H3,(H,21,22)/t17-,18-/m1/s1. The first-order valence-electron chi connectivity index (χ1n) is 8.27. The highest BCUT2D eigenvalue weighted by molar-refractivity contribution is 7.91. The van der Waals surface area contributed by atoms with Crippen LogP contribution in [0, 0.1) is 6.92 Å². The lowest BCUT2D eigenvalue weighted by atomic mass is 10.1. The van der Waals surface area contributed by atoms with Gasteiger partial charge in [-0.3, -0.25) is 4.79 Å².